The summed E-state index contributed by atoms with van der Waals surface area (Å²) in [6.07, 6.45) is 0.464. The molecule has 0 aliphatic carbocycles. The zero-order valence-corrected chi connectivity index (χ0v) is 17.9. The van der Waals surface area contributed by atoms with Gasteiger partial charge in [-0.15, -0.1) is 0 Å². The SMILES string of the molecule is CN(Cc1cccc(NC(=O)CCc2nc3ccccc3[nH]2)c1)C(=O)OC(C)(C)C. The molecule has 0 spiro atoms. The highest BCUT2D eigenvalue weighted by Crippen LogP contribution is 2.16. The molecule has 2 amide bonds. The van der Waals surface area contributed by atoms with Crippen molar-refractivity contribution in [2.45, 2.75) is 45.8 Å². The number of aromatic nitrogens is 2. The first-order valence-electron chi connectivity index (χ1n) is 9.96. The number of imidazole rings is 1. The molecule has 0 aliphatic rings. The molecule has 7 nitrogen and oxygen atoms in total. The summed E-state index contributed by atoms with van der Waals surface area (Å²) in [5, 5.41) is 2.91. The van der Waals surface area contributed by atoms with Gasteiger partial charge >= 0.3 is 6.09 Å². The highest BCUT2D eigenvalue weighted by molar-refractivity contribution is 5.91. The van der Waals surface area contributed by atoms with Crippen LogP contribution in [0.5, 0.6) is 0 Å². The number of aryl methyl sites for hydroxylation is 1. The van der Waals surface area contributed by atoms with Gasteiger partial charge in [0.15, 0.2) is 0 Å². The van der Waals surface area contributed by atoms with Crippen LogP contribution in [0.15, 0.2) is 48.5 Å². The third-order valence-electron chi connectivity index (χ3n) is 4.36. The molecular weight excluding hydrogens is 380 g/mol. The molecule has 3 rings (SSSR count). The lowest BCUT2D eigenvalue weighted by Crippen LogP contribution is -2.33. The second-order valence-corrected chi connectivity index (χ2v) is 8.29. The number of carbonyl (C=O) groups is 2. The first kappa shape index (κ1) is 21.4. The first-order chi connectivity index (χ1) is 14.2. The number of nitrogens with one attached hydrogen (secondary N) is 2. The van der Waals surface area contributed by atoms with Crippen molar-refractivity contribution in [2.24, 2.45) is 0 Å². The molecule has 0 unspecified atom stereocenters. The van der Waals surface area contributed by atoms with Crippen molar-refractivity contribution in [1.29, 1.82) is 0 Å². The molecule has 0 saturated heterocycles. The van der Waals surface area contributed by atoms with Crippen LogP contribution < -0.4 is 5.32 Å². The van der Waals surface area contributed by atoms with Gasteiger partial charge in [-0.1, -0.05) is 24.3 Å². The molecule has 3 aromatic rings. The molecule has 1 heterocycles. The zero-order valence-electron chi connectivity index (χ0n) is 17.9. The monoisotopic (exact) mass is 408 g/mol. The number of carbonyl (C=O) groups excluding carboxylic acids is 2. The Kier molecular flexibility index (Phi) is 6.40. The fraction of sp³-hybridized carbons (Fsp3) is 0.348. The Bertz CT molecular complexity index is 1000. The van der Waals surface area contributed by atoms with Crippen LogP contribution in [0.1, 0.15) is 38.6 Å². The lowest BCUT2D eigenvalue weighted by atomic mass is 10.2. The van der Waals surface area contributed by atoms with E-state index in [0.29, 0.717) is 25.1 Å². The molecule has 0 fully saturated rings. The normalized spacial score (nSPS) is 11.3. The smallest absolute Gasteiger partial charge is 0.410 e. The minimum Gasteiger partial charge on any atom is -0.444 e. The quantitative estimate of drug-likeness (QED) is 0.629. The maximum absolute atomic E-state index is 12.4. The summed E-state index contributed by atoms with van der Waals surface area (Å²) in [6.45, 7) is 5.89. The average Bonchev–Trinajstić information content (AvgIpc) is 3.08. The number of hydrogen-bond donors (Lipinski definition) is 2. The van der Waals surface area contributed by atoms with Gasteiger partial charge in [-0.3, -0.25) is 4.79 Å². The van der Waals surface area contributed by atoms with E-state index in [2.05, 4.69) is 15.3 Å². The molecule has 0 radical (unpaired) electrons. The molecule has 2 N–H and O–H groups in total. The predicted molar refractivity (Wildman–Crippen MR) is 117 cm³/mol. The molecule has 1 aromatic heterocycles. The number of ether oxygens (including phenoxy) is 1. The van der Waals surface area contributed by atoms with Gasteiger partial charge < -0.3 is 19.9 Å². The van der Waals surface area contributed by atoms with Crippen molar-refractivity contribution in [1.82, 2.24) is 14.9 Å². The van der Waals surface area contributed by atoms with Crippen LogP contribution in [0, 0.1) is 0 Å². The second kappa shape index (κ2) is 8.98. The van der Waals surface area contributed by atoms with Crippen LogP contribution in [-0.4, -0.2) is 39.5 Å². The summed E-state index contributed by atoms with van der Waals surface area (Å²) in [6, 6.07) is 15.2. The van der Waals surface area contributed by atoms with Crippen LogP contribution in [0.2, 0.25) is 0 Å². The highest BCUT2D eigenvalue weighted by atomic mass is 16.6. The standard InChI is InChI=1S/C23H28N4O3/c1-23(2,3)30-22(29)27(4)15-16-8-7-9-17(14-16)24-21(28)13-12-20-25-18-10-5-6-11-19(18)26-20/h5-11,14H,12-13,15H2,1-4H3,(H,24,28)(H,25,26). The summed E-state index contributed by atoms with van der Waals surface area (Å²) in [7, 11) is 1.69. The number of aromatic amines is 1. The third-order valence-corrected chi connectivity index (χ3v) is 4.36. The predicted octanol–water partition coefficient (Wildman–Crippen LogP) is 4.50. The third kappa shape index (κ3) is 6.07. The fourth-order valence-corrected chi connectivity index (χ4v) is 3.01. The average molecular weight is 409 g/mol. The number of hydrogen-bond acceptors (Lipinski definition) is 4. The van der Waals surface area contributed by atoms with Crippen molar-refractivity contribution in [3.63, 3.8) is 0 Å². The van der Waals surface area contributed by atoms with Gasteiger partial charge in [0.05, 0.1) is 11.0 Å². The topological polar surface area (TPSA) is 87.3 Å². The van der Waals surface area contributed by atoms with Crippen LogP contribution >= 0.6 is 0 Å². The Labute approximate surface area is 176 Å². The molecule has 0 atom stereocenters. The number of rotatable bonds is 6. The van der Waals surface area contributed by atoms with Gasteiger partial charge in [0.25, 0.3) is 0 Å². The Morgan fingerprint density at radius 1 is 1.13 bits per heavy atom. The lowest BCUT2D eigenvalue weighted by Gasteiger charge is -2.24. The van der Waals surface area contributed by atoms with Gasteiger partial charge in [0.2, 0.25) is 5.91 Å². The number of para-hydroxylation sites is 2. The van der Waals surface area contributed by atoms with Gasteiger partial charge in [0.1, 0.15) is 11.4 Å². The largest absolute Gasteiger partial charge is 0.444 e. The number of benzene rings is 2. The Hall–Kier alpha value is -3.35. The van der Waals surface area contributed by atoms with Crippen LogP contribution in [0.4, 0.5) is 10.5 Å². The van der Waals surface area contributed by atoms with E-state index in [1.165, 1.54) is 4.90 Å². The maximum atomic E-state index is 12.4. The molecule has 2 aromatic carbocycles. The number of nitrogens with zero attached hydrogens (tertiary/aromatic N) is 2. The van der Waals surface area contributed by atoms with Crippen molar-refractivity contribution in [2.75, 3.05) is 12.4 Å². The van der Waals surface area contributed by atoms with E-state index in [9.17, 15) is 9.59 Å². The van der Waals surface area contributed by atoms with Crippen molar-refractivity contribution in [3.8, 4) is 0 Å². The van der Waals surface area contributed by atoms with E-state index >= 15 is 0 Å². The van der Waals surface area contributed by atoms with Crippen LogP contribution in [-0.2, 0) is 22.5 Å². The number of fused-ring (bicyclic) bond motifs is 1. The second-order valence-electron chi connectivity index (χ2n) is 8.29. The summed E-state index contributed by atoms with van der Waals surface area (Å²) in [5.41, 5.74) is 2.92. The molecular formula is C23H28N4O3. The maximum Gasteiger partial charge on any atom is 0.410 e. The molecule has 0 aliphatic heterocycles. The summed E-state index contributed by atoms with van der Waals surface area (Å²) in [4.78, 5) is 33.7. The van der Waals surface area contributed by atoms with Gasteiger partial charge in [-0.05, 0) is 50.6 Å². The van der Waals surface area contributed by atoms with Crippen LogP contribution in [0.25, 0.3) is 11.0 Å². The number of amides is 2. The molecule has 0 saturated carbocycles. The fourth-order valence-electron chi connectivity index (χ4n) is 3.01. The Morgan fingerprint density at radius 2 is 1.90 bits per heavy atom. The van der Waals surface area contributed by atoms with E-state index in [1.54, 1.807) is 7.05 Å². The molecule has 0 bridgehead atoms. The first-order valence-corrected chi connectivity index (χ1v) is 9.96. The van der Waals surface area contributed by atoms with Gasteiger partial charge in [0, 0.05) is 32.1 Å². The molecule has 30 heavy (non-hydrogen) atoms. The van der Waals surface area contributed by atoms with Gasteiger partial charge in [-0.25, -0.2) is 9.78 Å². The van der Waals surface area contributed by atoms with Gasteiger partial charge in [-0.2, -0.15) is 0 Å². The van der Waals surface area contributed by atoms with E-state index < -0.39 is 5.60 Å². The minimum absolute atomic E-state index is 0.0897. The van der Waals surface area contributed by atoms with Crippen molar-refractivity contribution >= 4 is 28.7 Å². The van der Waals surface area contributed by atoms with E-state index in [4.69, 9.17) is 4.74 Å². The van der Waals surface area contributed by atoms with Crippen molar-refractivity contribution in [3.05, 3.63) is 59.9 Å². The summed E-state index contributed by atoms with van der Waals surface area (Å²) >= 11 is 0. The number of H-pyrrole nitrogens is 1. The zero-order chi connectivity index (χ0) is 21.7. The van der Waals surface area contributed by atoms with E-state index in [0.717, 1.165) is 22.4 Å². The number of anilines is 1. The summed E-state index contributed by atoms with van der Waals surface area (Å²) < 4.78 is 5.37. The lowest BCUT2D eigenvalue weighted by molar-refractivity contribution is -0.116. The molecule has 7 heteroatoms. The highest BCUT2D eigenvalue weighted by Gasteiger charge is 2.19. The van der Waals surface area contributed by atoms with Crippen LogP contribution in [0.3, 0.4) is 0 Å². The minimum atomic E-state index is -0.541. The molecule has 158 valence electrons. The van der Waals surface area contributed by atoms with E-state index in [-0.39, 0.29) is 12.0 Å². The Morgan fingerprint density at radius 3 is 2.63 bits per heavy atom. The summed E-state index contributed by atoms with van der Waals surface area (Å²) in [5.74, 6) is 0.701. The Balaban J connectivity index is 1.53. The van der Waals surface area contributed by atoms with E-state index in [1.807, 2.05) is 69.3 Å². The van der Waals surface area contributed by atoms with Crippen molar-refractivity contribution < 1.29 is 14.3 Å².